The molecule has 0 fully saturated rings. The maximum Gasteiger partial charge on any atom is 0.306 e. The minimum absolute atomic E-state index is 0.0436. The van der Waals surface area contributed by atoms with E-state index < -0.39 is 32.5 Å². The highest BCUT2D eigenvalue weighted by Gasteiger charge is 2.22. The lowest BCUT2D eigenvalue weighted by Gasteiger charge is -2.28. The topological polar surface area (TPSA) is 111 Å². The first-order valence-electron chi connectivity index (χ1n) is 31.2. The molecule has 0 radical (unpaired) electrons. The predicted molar refractivity (Wildman–Crippen MR) is 341 cm³/mol. The van der Waals surface area contributed by atoms with Crippen LogP contribution in [0.3, 0.4) is 0 Å². The molecule has 0 aromatic carbocycles. The van der Waals surface area contributed by atoms with Gasteiger partial charge in [0.2, 0.25) is 0 Å². The van der Waals surface area contributed by atoms with Crippen LogP contribution in [-0.4, -0.2) is 70.0 Å². The minimum atomic E-state index is -4.65. The standard InChI is InChI=1S/C70H114NO8P/c1-6-8-10-12-14-16-18-20-22-23-24-25-26-27-28-29-30-31-32-33-34-35-36-37-38-39-40-41-42-43-44-45-46-47-49-51-53-55-57-59-61-63-70(73)79-68(67-78-80(74,75)77-65-64-71(3,4)5)66-76-69(72)62-60-58-56-54-52-50-48-21-19-17-15-13-11-9-7-2/h8,10,14-17,20-22,24-25,27-28,30-31,33-34,36-37,39-40,42-43,45-46,48,68H,6-7,9,11-13,18-19,23,26,29,32,35,38,41,44,47,49-67H2,1-5H3/b10-8-,16-14-,17-15-,22-20-,25-24-,28-27-,31-30-,34-33-,37-36-,40-39-,43-42-,46-45-,48-21-. The van der Waals surface area contributed by atoms with Crippen molar-refractivity contribution in [2.75, 3.05) is 47.5 Å². The number of carbonyl (C=O) groups is 2. The molecule has 2 unspecified atom stereocenters. The molecule has 2 atom stereocenters. The Kier molecular flexibility index (Phi) is 56.0. The van der Waals surface area contributed by atoms with E-state index in [1.165, 1.54) is 38.5 Å². The van der Waals surface area contributed by atoms with Crippen LogP contribution in [0.1, 0.15) is 219 Å². The number of unbranched alkanes of at least 4 members (excludes halogenated alkanes) is 15. The lowest BCUT2D eigenvalue weighted by Crippen LogP contribution is -2.37. The van der Waals surface area contributed by atoms with E-state index in [9.17, 15) is 19.0 Å². The number of allylic oxidation sites excluding steroid dienone is 26. The van der Waals surface area contributed by atoms with Crippen molar-refractivity contribution >= 4 is 19.8 Å². The zero-order valence-electron chi connectivity index (χ0n) is 51.2. The van der Waals surface area contributed by atoms with Crippen LogP contribution in [0.15, 0.2) is 158 Å². The predicted octanol–water partition coefficient (Wildman–Crippen LogP) is 19.4. The zero-order valence-corrected chi connectivity index (χ0v) is 52.1. The Morgan fingerprint density at radius 1 is 0.400 bits per heavy atom. The summed E-state index contributed by atoms with van der Waals surface area (Å²) in [6, 6.07) is 0. The molecule has 0 saturated heterocycles. The molecule has 80 heavy (non-hydrogen) atoms. The highest BCUT2D eigenvalue weighted by molar-refractivity contribution is 7.45. The summed E-state index contributed by atoms with van der Waals surface area (Å²) in [7, 11) is 1.13. The van der Waals surface area contributed by atoms with E-state index in [1.54, 1.807) is 0 Å². The second-order valence-electron chi connectivity index (χ2n) is 21.3. The van der Waals surface area contributed by atoms with Crippen molar-refractivity contribution in [3.8, 4) is 0 Å². The van der Waals surface area contributed by atoms with E-state index >= 15 is 0 Å². The summed E-state index contributed by atoms with van der Waals surface area (Å²) in [5, 5.41) is 0. The van der Waals surface area contributed by atoms with Gasteiger partial charge in [-0.2, -0.15) is 0 Å². The fourth-order valence-corrected chi connectivity index (χ4v) is 8.48. The Bertz CT molecular complexity index is 1900. The van der Waals surface area contributed by atoms with Gasteiger partial charge in [-0.05, 0) is 128 Å². The van der Waals surface area contributed by atoms with E-state index in [2.05, 4.69) is 172 Å². The number of hydrogen-bond donors (Lipinski definition) is 0. The molecular formula is C70H114NO8P. The van der Waals surface area contributed by atoms with Crippen LogP contribution < -0.4 is 4.89 Å². The van der Waals surface area contributed by atoms with E-state index in [0.717, 1.165) is 141 Å². The molecule has 452 valence electrons. The molecule has 0 aliphatic rings. The fraction of sp³-hybridized carbons (Fsp3) is 0.600. The van der Waals surface area contributed by atoms with Gasteiger partial charge in [0.05, 0.1) is 27.7 Å². The molecule has 0 rings (SSSR count). The van der Waals surface area contributed by atoms with E-state index in [0.29, 0.717) is 23.9 Å². The van der Waals surface area contributed by atoms with Crippen LogP contribution >= 0.6 is 7.82 Å². The Morgan fingerprint density at radius 3 is 1.06 bits per heavy atom. The summed E-state index contributed by atoms with van der Waals surface area (Å²) in [4.78, 5) is 37.8. The van der Waals surface area contributed by atoms with Crippen LogP contribution in [-0.2, 0) is 32.7 Å². The van der Waals surface area contributed by atoms with Gasteiger partial charge in [-0.3, -0.25) is 14.2 Å². The number of likely N-dealkylation sites (N-methyl/N-ethyl adjacent to an activating group) is 1. The molecule has 9 nitrogen and oxygen atoms in total. The van der Waals surface area contributed by atoms with E-state index in [-0.39, 0.29) is 26.1 Å². The number of quaternary nitrogens is 1. The SMILES string of the molecule is CC/C=C\C/C=C\C/C=C\C/C=C\C/C=C\C/C=C\C/C=C\C/C=C\C/C=C\C/C=C\C/C=C\CCCCCCCCCC(=O)OC(COC(=O)CCCCCCC/C=C\C/C=C\CCCCC)COP(=O)([O-])OCC[N+](C)(C)C. The second-order valence-corrected chi connectivity index (χ2v) is 22.7. The zero-order chi connectivity index (χ0) is 58.4. The molecule has 0 bridgehead atoms. The van der Waals surface area contributed by atoms with Gasteiger partial charge in [-0.1, -0.05) is 236 Å². The number of phosphoric acid groups is 1. The lowest BCUT2D eigenvalue weighted by molar-refractivity contribution is -0.870. The van der Waals surface area contributed by atoms with Crippen LogP contribution in [0.25, 0.3) is 0 Å². The van der Waals surface area contributed by atoms with Gasteiger partial charge in [-0.15, -0.1) is 0 Å². The van der Waals surface area contributed by atoms with Gasteiger partial charge < -0.3 is 27.9 Å². The van der Waals surface area contributed by atoms with Crippen molar-refractivity contribution in [1.82, 2.24) is 0 Å². The van der Waals surface area contributed by atoms with E-state index in [4.69, 9.17) is 18.5 Å². The number of ether oxygens (including phenoxy) is 2. The van der Waals surface area contributed by atoms with Gasteiger partial charge in [0.1, 0.15) is 19.8 Å². The largest absolute Gasteiger partial charge is 0.756 e. The number of carbonyl (C=O) groups excluding carboxylic acids is 2. The second kappa shape index (κ2) is 59.3. The van der Waals surface area contributed by atoms with Gasteiger partial charge in [0.25, 0.3) is 7.82 Å². The summed E-state index contributed by atoms with van der Waals surface area (Å²) >= 11 is 0. The van der Waals surface area contributed by atoms with Crippen molar-refractivity contribution in [3.05, 3.63) is 158 Å². The average Bonchev–Trinajstić information content (AvgIpc) is 3.42. The number of hydrogen-bond acceptors (Lipinski definition) is 8. The quantitative estimate of drug-likeness (QED) is 0.0195. The highest BCUT2D eigenvalue weighted by atomic mass is 31.2. The maximum absolute atomic E-state index is 12.8. The summed E-state index contributed by atoms with van der Waals surface area (Å²) < 4.78 is 34.1. The molecule has 0 amide bonds. The molecule has 0 aliphatic heterocycles. The minimum Gasteiger partial charge on any atom is -0.756 e. The highest BCUT2D eigenvalue weighted by Crippen LogP contribution is 2.38. The first-order chi connectivity index (χ1) is 39.0. The van der Waals surface area contributed by atoms with Crippen LogP contribution in [0, 0.1) is 0 Å². The Balaban J connectivity index is 4.15. The Morgan fingerprint density at radius 2 is 0.713 bits per heavy atom. The lowest BCUT2D eigenvalue weighted by atomic mass is 10.1. The van der Waals surface area contributed by atoms with Crippen molar-refractivity contribution in [2.24, 2.45) is 0 Å². The Hall–Kier alpha value is -4.37. The molecule has 0 N–H and O–H groups in total. The smallest absolute Gasteiger partial charge is 0.306 e. The number of rotatable bonds is 55. The van der Waals surface area contributed by atoms with Gasteiger partial charge in [0.15, 0.2) is 6.10 Å². The monoisotopic (exact) mass is 1130 g/mol. The number of esters is 2. The number of phosphoric ester groups is 1. The third kappa shape index (κ3) is 62.8. The molecule has 0 spiro atoms. The third-order valence-corrected chi connectivity index (χ3v) is 13.5. The molecule has 10 heteroatoms. The van der Waals surface area contributed by atoms with Crippen molar-refractivity contribution in [2.45, 2.75) is 225 Å². The van der Waals surface area contributed by atoms with Crippen molar-refractivity contribution in [1.29, 1.82) is 0 Å². The van der Waals surface area contributed by atoms with Gasteiger partial charge >= 0.3 is 11.9 Å². The summed E-state index contributed by atoms with van der Waals surface area (Å²) in [6.45, 7) is 4.04. The van der Waals surface area contributed by atoms with Gasteiger partial charge in [-0.25, -0.2) is 0 Å². The summed E-state index contributed by atoms with van der Waals surface area (Å²) in [5.74, 6) is -0.874. The van der Waals surface area contributed by atoms with E-state index in [1.807, 2.05) is 21.1 Å². The van der Waals surface area contributed by atoms with Crippen molar-refractivity contribution < 1.29 is 42.1 Å². The maximum atomic E-state index is 12.8. The van der Waals surface area contributed by atoms with Gasteiger partial charge in [0, 0.05) is 12.8 Å². The summed E-state index contributed by atoms with van der Waals surface area (Å²) in [5.41, 5.74) is 0. The Labute approximate surface area is 490 Å². The first kappa shape index (κ1) is 75.6. The molecule has 0 saturated carbocycles. The molecule has 0 aromatic heterocycles. The van der Waals surface area contributed by atoms with Crippen LogP contribution in [0.2, 0.25) is 0 Å². The molecule has 0 aliphatic carbocycles. The normalized spacial score (nSPS) is 14.3. The fourth-order valence-electron chi connectivity index (χ4n) is 7.75. The third-order valence-electron chi connectivity index (χ3n) is 12.5. The number of nitrogens with zero attached hydrogens (tertiary/aromatic N) is 1. The van der Waals surface area contributed by atoms with Crippen molar-refractivity contribution in [3.63, 3.8) is 0 Å². The van der Waals surface area contributed by atoms with Crippen LogP contribution in [0.4, 0.5) is 0 Å². The summed E-state index contributed by atoms with van der Waals surface area (Å²) in [6.07, 6.45) is 88.7. The molecular weight excluding hydrogens is 1010 g/mol. The molecule has 0 aromatic rings. The van der Waals surface area contributed by atoms with Crippen LogP contribution in [0.5, 0.6) is 0 Å². The average molecular weight is 1130 g/mol. The first-order valence-corrected chi connectivity index (χ1v) is 32.7. The molecule has 0 heterocycles.